The first kappa shape index (κ1) is 42.6. The van der Waals surface area contributed by atoms with Crippen molar-refractivity contribution in [3.63, 3.8) is 0 Å². The van der Waals surface area contributed by atoms with Crippen molar-refractivity contribution in [1.82, 2.24) is 19.5 Å². The first-order valence-corrected chi connectivity index (χ1v) is 25.9. The highest BCUT2D eigenvalue weighted by Crippen LogP contribution is 2.40. The Morgan fingerprint density at radius 3 is 1.33 bits per heavy atom. The summed E-state index contributed by atoms with van der Waals surface area (Å²) >= 11 is 0. The summed E-state index contributed by atoms with van der Waals surface area (Å²) in [5.74, 6) is 1.83. The number of hydrogen-bond acceptors (Lipinski definition) is 3. The van der Waals surface area contributed by atoms with Crippen molar-refractivity contribution in [3.8, 4) is 62.1 Å². The zero-order valence-corrected chi connectivity index (χ0v) is 40.0. The molecule has 0 fully saturated rings. The first-order chi connectivity index (χ1) is 34.5. The molecule has 0 aliphatic heterocycles. The topological polar surface area (TPSA) is 43.6 Å². The Bertz CT molecular complexity index is 3660. The third kappa shape index (κ3) is 7.63. The van der Waals surface area contributed by atoms with E-state index >= 15 is 0 Å². The molecule has 10 aromatic carbocycles. The van der Waals surface area contributed by atoms with E-state index in [1.165, 1.54) is 53.8 Å². The van der Waals surface area contributed by atoms with E-state index in [0.717, 1.165) is 44.5 Å². The second-order valence-electron chi connectivity index (χ2n) is 18.2. The van der Waals surface area contributed by atoms with Crippen LogP contribution in [0.4, 0.5) is 0 Å². The van der Waals surface area contributed by atoms with Gasteiger partial charge in [-0.05, 0) is 81.1 Å². The average molecular weight is 913 g/mol. The van der Waals surface area contributed by atoms with Gasteiger partial charge in [0, 0.05) is 27.5 Å². The summed E-state index contributed by atoms with van der Waals surface area (Å²) in [4.78, 5) is 15.9. The van der Waals surface area contributed by atoms with Crippen LogP contribution in [0.25, 0.3) is 83.9 Å². The van der Waals surface area contributed by atoms with Gasteiger partial charge in [-0.15, -0.1) is 0 Å². The summed E-state index contributed by atoms with van der Waals surface area (Å²) in [6, 6.07) is 92.4. The summed E-state index contributed by atoms with van der Waals surface area (Å²) in [6.07, 6.45) is 0. The molecule has 0 unspecified atom stereocenters. The highest BCUT2D eigenvalue weighted by Gasteiger charge is 2.41. The van der Waals surface area contributed by atoms with E-state index in [2.05, 4.69) is 237 Å². The van der Waals surface area contributed by atoms with Crippen LogP contribution in [0.15, 0.2) is 255 Å². The van der Waals surface area contributed by atoms with Gasteiger partial charge < -0.3 is 4.57 Å². The molecule has 70 heavy (non-hydrogen) atoms. The number of para-hydroxylation sites is 1. The van der Waals surface area contributed by atoms with E-state index in [9.17, 15) is 0 Å². The number of hydrogen-bond donors (Lipinski definition) is 0. The molecule has 332 valence electrons. The van der Waals surface area contributed by atoms with Gasteiger partial charge in [-0.2, -0.15) is 0 Å². The maximum Gasteiger partial charge on any atom is 0.179 e. The Morgan fingerprint density at radius 2 is 0.743 bits per heavy atom. The summed E-state index contributed by atoms with van der Waals surface area (Å²) in [6.45, 7) is 4.34. The van der Waals surface area contributed by atoms with Crippen LogP contribution >= 0.6 is 0 Å². The van der Waals surface area contributed by atoms with Crippen molar-refractivity contribution in [1.29, 1.82) is 0 Å². The quantitative estimate of drug-likeness (QED) is 0.101. The predicted molar refractivity (Wildman–Crippen MR) is 294 cm³/mol. The SMILES string of the molecule is Cc1cc(C)cc(-c2ccc3c4ccccc4n(-c4ccc(-c5cccc([Si](c6ccccc6)(c6ccccc6)c6ccccc6)c5)cc4-c4nc(-c5ccccc5)nc(-c5ccccc5)n4)c3c2)c1. The zero-order chi connectivity index (χ0) is 47.0. The standard InChI is InChI=1S/C65H48N4Si/c1-45-39-46(2)41-52(40-45)51-35-37-58-57-33-18-19-34-60(57)69(62(58)44-51)61-38-36-50(43-59(61)65-67-63(47-21-8-3-9-22-47)66-64(68-65)48-23-10-4-11-24-48)49-25-20-32-56(42-49)70(53-26-12-5-13-27-53,54-28-14-6-15-29-54)55-30-16-7-17-31-55/h3-44H,1-2H3. The van der Waals surface area contributed by atoms with Gasteiger partial charge in [0.05, 0.1) is 16.7 Å². The molecule has 0 amide bonds. The van der Waals surface area contributed by atoms with E-state index < -0.39 is 8.07 Å². The second kappa shape index (κ2) is 18.0. The Morgan fingerprint density at radius 1 is 0.300 bits per heavy atom. The van der Waals surface area contributed by atoms with Crippen LogP contribution in [0.1, 0.15) is 11.1 Å². The van der Waals surface area contributed by atoms with Crippen molar-refractivity contribution in [3.05, 3.63) is 266 Å². The molecule has 2 heterocycles. The monoisotopic (exact) mass is 912 g/mol. The fourth-order valence-electron chi connectivity index (χ4n) is 10.6. The fourth-order valence-corrected chi connectivity index (χ4v) is 15.4. The number of nitrogens with zero attached hydrogens (tertiary/aromatic N) is 4. The maximum absolute atomic E-state index is 5.40. The fraction of sp³-hybridized carbons (Fsp3) is 0.0308. The lowest BCUT2D eigenvalue weighted by molar-refractivity contribution is 1.06. The molecule has 0 spiro atoms. The number of benzene rings is 10. The van der Waals surface area contributed by atoms with Crippen LogP contribution in [0.2, 0.25) is 0 Å². The Labute approximate surface area is 409 Å². The van der Waals surface area contributed by atoms with Gasteiger partial charge in [0.25, 0.3) is 0 Å². The molecular weight excluding hydrogens is 865 g/mol. The molecule has 2 aromatic heterocycles. The van der Waals surface area contributed by atoms with Crippen LogP contribution in [-0.2, 0) is 0 Å². The first-order valence-electron chi connectivity index (χ1n) is 23.9. The predicted octanol–water partition coefficient (Wildman–Crippen LogP) is 13.3. The third-order valence-electron chi connectivity index (χ3n) is 13.7. The van der Waals surface area contributed by atoms with Crippen molar-refractivity contribution in [2.75, 3.05) is 0 Å². The summed E-state index contributed by atoms with van der Waals surface area (Å²) in [5, 5.41) is 7.67. The van der Waals surface area contributed by atoms with Gasteiger partial charge in [0.15, 0.2) is 25.5 Å². The zero-order valence-electron chi connectivity index (χ0n) is 39.0. The average Bonchev–Trinajstić information content (AvgIpc) is 3.75. The van der Waals surface area contributed by atoms with Gasteiger partial charge in [-0.3, -0.25) is 0 Å². The summed E-state index contributed by atoms with van der Waals surface area (Å²) in [7, 11) is -2.83. The molecule has 0 atom stereocenters. The van der Waals surface area contributed by atoms with Crippen molar-refractivity contribution >= 4 is 50.6 Å². The van der Waals surface area contributed by atoms with Gasteiger partial charge in [0.2, 0.25) is 0 Å². The second-order valence-corrected chi connectivity index (χ2v) is 22.0. The van der Waals surface area contributed by atoms with Gasteiger partial charge in [-0.1, -0.05) is 242 Å². The minimum atomic E-state index is -2.83. The lowest BCUT2D eigenvalue weighted by atomic mass is 9.99. The highest BCUT2D eigenvalue weighted by molar-refractivity contribution is 7.19. The Balaban J connectivity index is 1.14. The van der Waals surface area contributed by atoms with Gasteiger partial charge in [-0.25, -0.2) is 15.0 Å². The number of aryl methyl sites for hydroxylation is 2. The number of rotatable bonds is 10. The van der Waals surface area contributed by atoms with Crippen LogP contribution in [0.3, 0.4) is 0 Å². The lowest BCUT2D eigenvalue weighted by Crippen LogP contribution is -2.74. The van der Waals surface area contributed by atoms with Crippen molar-refractivity contribution in [2.24, 2.45) is 0 Å². The van der Waals surface area contributed by atoms with E-state index in [-0.39, 0.29) is 0 Å². The molecule has 0 saturated carbocycles. The van der Waals surface area contributed by atoms with Crippen LogP contribution < -0.4 is 20.7 Å². The van der Waals surface area contributed by atoms with E-state index in [1.54, 1.807) is 0 Å². The summed E-state index contributed by atoms with van der Waals surface area (Å²) in [5.41, 5.74) is 13.0. The molecule has 12 rings (SSSR count). The highest BCUT2D eigenvalue weighted by atomic mass is 28.3. The van der Waals surface area contributed by atoms with Gasteiger partial charge >= 0.3 is 0 Å². The minimum Gasteiger partial charge on any atom is -0.308 e. The van der Waals surface area contributed by atoms with Crippen molar-refractivity contribution in [2.45, 2.75) is 13.8 Å². The molecule has 12 aromatic rings. The smallest absolute Gasteiger partial charge is 0.179 e. The summed E-state index contributed by atoms with van der Waals surface area (Å²) < 4.78 is 2.42. The largest absolute Gasteiger partial charge is 0.308 e. The van der Waals surface area contributed by atoms with E-state index in [0.29, 0.717) is 17.5 Å². The van der Waals surface area contributed by atoms with E-state index in [1.807, 2.05) is 36.4 Å². The maximum atomic E-state index is 5.40. The number of fused-ring (bicyclic) bond motifs is 3. The van der Waals surface area contributed by atoms with Crippen LogP contribution in [0, 0.1) is 13.8 Å². The minimum absolute atomic E-state index is 0.596. The lowest BCUT2D eigenvalue weighted by Gasteiger charge is -2.34. The number of aromatic nitrogens is 4. The van der Waals surface area contributed by atoms with Crippen LogP contribution in [-0.4, -0.2) is 27.6 Å². The van der Waals surface area contributed by atoms with E-state index in [4.69, 9.17) is 15.0 Å². The van der Waals surface area contributed by atoms with Gasteiger partial charge in [0.1, 0.15) is 0 Å². The molecule has 0 aliphatic carbocycles. The van der Waals surface area contributed by atoms with Crippen LogP contribution in [0.5, 0.6) is 0 Å². The Kier molecular flexibility index (Phi) is 11.0. The molecule has 0 bridgehead atoms. The molecule has 4 nitrogen and oxygen atoms in total. The molecular formula is C65H48N4Si. The molecule has 0 aliphatic rings. The molecule has 0 saturated heterocycles. The Hall–Kier alpha value is -8.77. The molecule has 5 heteroatoms. The normalized spacial score (nSPS) is 11.6. The third-order valence-corrected chi connectivity index (χ3v) is 18.4. The van der Waals surface area contributed by atoms with Crippen molar-refractivity contribution < 1.29 is 0 Å². The molecule has 0 N–H and O–H groups in total. The molecule has 0 radical (unpaired) electrons.